The summed E-state index contributed by atoms with van der Waals surface area (Å²) in [4.78, 5) is 12.7. The molecular formula is C13H15F3N2O5S2. The predicted molar refractivity (Wildman–Crippen MR) is 81.3 cm³/mol. The molecule has 1 atom stereocenters. The van der Waals surface area contributed by atoms with Gasteiger partial charge < -0.3 is 0 Å². The molecule has 0 saturated carbocycles. The monoisotopic (exact) mass is 400 g/mol. The summed E-state index contributed by atoms with van der Waals surface area (Å²) in [5.74, 6) is -1.36. The molecule has 7 nitrogen and oxygen atoms in total. The molecule has 1 aliphatic heterocycles. The highest BCUT2D eigenvalue weighted by atomic mass is 32.2. The second-order valence-corrected chi connectivity index (χ2v) is 9.56. The average molecular weight is 400 g/mol. The summed E-state index contributed by atoms with van der Waals surface area (Å²) in [6.45, 7) is 0. The Morgan fingerprint density at radius 3 is 2.52 bits per heavy atom. The van der Waals surface area contributed by atoms with Crippen LogP contribution in [0.25, 0.3) is 0 Å². The van der Waals surface area contributed by atoms with Gasteiger partial charge in [-0.2, -0.15) is 13.2 Å². The fraction of sp³-hybridized carbons (Fsp3) is 0.462. The number of amides is 1. The topological polar surface area (TPSA) is 109 Å². The number of hydrogen-bond acceptors (Lipinski definition) is 5. The summed E-state index contributed by atoms with van der Waals surface area (Å²) in [7, 11) is -7.57. The Hall–Kier alpha value is -1.66. The van der Waals surface area contributed by atoms with E-state index < -0.39 is 48.3 Å². The van der Waals surface area contributed by atoms with Gasteiger partial charge in [-0.3, -0.25) is 10.2 Å². The molecule has 1 aromatic rings. The van der Waals surface area contributed by atoms with Crippen LogP contribution in [0, 0.1) is 5.92 Å². The third-order valence-electron chi connectivity index (χ3n) is 3.60. The molecule has 140 valence electrons. The number of sulfonamides is 1. The van der Waals surface area contributed by atoms with Crippen LogP contribution >= 0.6 is 0 Å². The summed E-state index contributed by atoms with van der Waals surface area (Å²) in [5, 5.41) is 0. The molecule has 1 amide bonds. The van der Waals surface area contributed by atoms with Crippen LogP contribution < -0.4 is 10.3 Å². The van der Waals surface area contributed by atoms with Crippen LogP contribution in [0.15, 0.2) is 29.2 Å². The van der Waals surface area contributed by atoms with Gasteiger partial charge in [0.05, 0.1) is 22.0 Å². The van der Waals surface area contributed by atoms with E-state index in [4.69, 9.17) is 0 Å². The number of benzene rings is 1. The Labute approximate surface area is 142 Å². The zero-order valence-electron chi connectivity index (χ0n) is 12.7. The molecule has 1 aromatic carbocycles. The maximum atomic E-state index is 12.6. The summed E-state index contributed by atoms with van der Waals surface area (Å²) < 4.78 is 84.4. The normalized spacial score (nSPS) is 20.4. The molecule has 25 heavy (non-hydrogen) atoms. The molecule has 0 bridgehead atoms. The summed E-state index contributed by atoms with van der Waals surface area (Å²) in [5.41, 5.74) is 0.740. The van der Waals surface area contributed by atoms with E-state index >= 15 is 0 Å². The zero-order chi connectivity index (χ0) is 18.9. The van der Waals surface area contributed by atoms with Gasteiger partial charge in [0.2, 0.25) is 5.91 Å². The first kappa shape index (κ1) is 19.7. The van der Waals surface area contributed by atoms with Crippen LogP contribution in [-0.2, 0) is 30.8 Å². The Morgan fingerprint density at radius 2 is 1.96 bits per heavy atom. The lowest BCUT2D eigenvalue weighted by Gasteiger charge is -2.12. The Morgan fingerprint density at radius 1 is 1.28 bits per heavy atom. The van der Waals surface area contributed by atoms with Gasteiger partial charge in [-0.15, -0.1) is 4.83 Å². The van der Waals surface area contributed by atoms with E-state index in [1.807, 2.05) is 5.43 Å². The van der Waals surface area contributed by atoms with E-state index in [2.05, 4.69) is 0 Å². The molecule has 0 unspecified atom stereocenters. The first-order valence-electron chi connectivity index (χ1n) is 7.07. The van der Waals surface area contributed by atoms with Crippen LogP contribution in [0.3, 0.4) is 0 Å². The van der Waals surface area contributed by atoms with Gasteiger partial charge in [0, 0.05) is 6.42 Å². The van der Waals surface area contributed by atoms with Gasteiger partial charge in [-0.1, -0.05) is 6.07 Å². The quantitative estimate of drug-likeness (QED) is 0.712. The summed E-state index contributed by atoms with van der Waals surface area (Å²) in [6, 6.07) is 3.05. The number of halogens is 3. The van der Waals surface area contributed by atoms with E-state index in [1.54, 1.807) is 4.83 Å². The van der Waals surface area contributed by atoms with Crippen molar-refractivity contribution in [1.29, 1.82) is 0 Å². The number of alkyl halides is 3. The van der Waals surface area contributed by atoms with Crippen LogP contribution in [0.2, 0.25) is 0 Å². The standard InChI is InChI=1S/C13H15F3N2O5S2/c14-13(15,16)10-2-1-3-11(7-10)25(22,23)18-17-12(19)6-9-4-5-24(20,21)8-9/h1-3,7,9,18H,4-6,8H2,(H,17,19)/t9-/m0/s1. The van der Waals surface area contributed by atoms with E-state index in [1.165, 1.54) is 0 Å². The highest BCUT2D eigenvalue weighted by Gasteiger charge is 2.32. The van der Waals surface area contributed by atoms with Gasteiger partial charge in [0.1, 0.15) is 0 Å². The first-order chi connectivity index (χ1) is 11.4. The highest BCUT2D eigenvalue weighted by molar-refractivity contribution is 7.91. The van der Waals surface area contributed by atoms with Gasteiger partial charge >= 0.3 is 6.18 Å². The van der Waals surface area contributed by atoms with Crippen molar-refractivity contribution in [1.82, 2.24) is 10.3 Å². The fourth-order valence-electron chi connectivity index (χ4n) is 2.37. The highest BCUT2D eigenvalue weighted by Crippen LogP contribution is 2.30. The average Bonchev–Trinajstić information content (AvgIpc) is 2.83. The molecule has 1 aliphatic rings. The molecule has 2 rings (SSSR count). The number of carbonyl (C=O) groups is 1. The second-order valence-electron chi connectivity index (χ2n) is 5.65. The van der Waals surface area contributed by atoms with Crippen molar-refractivity contribution in [3.63, 3.8) is 0 Å². The summed E-state index contributed by atoms with van der Waals surface area (Å²) in [6.07, 6.45) is -4.61. The lowest BCUT2D eigenvalue weighted by Crippen LogP contribution is -2.42. The third-order valence-corrected chi connectivity index (χ3v) is 6.68. The summed E-state index contributed by atoms with van der Waals surface area (Å²) >= 11 is 0. The number of carbonyl (C=O) groups excluding carboxylic acids is 1. The van der Waals surface area contributed by atoms with E-state index in [9.17, 15) is 34.8 Å². The molecule has 0 radical (unpaired) electrons. The van der Waals surface area contributed by atoms with Gasteiger partial charge in [-0.05, 0) is 30.5 Å². The minimum absolute atomic E-state index is 0.0269. The fourth-order valence-corrected chi connectivity index (χ4v) is 5.14. The lowest BCUT2D eigenvalue weighted by atomic mass is 10.1. The largest absolute Gasteiger partial charge is 0.416 e. The minimum atomic E-state index is -4.71. The molecule has 0 aliphatic carbocycles. The van der Waals surface area contributed by atoms with Crippen molar-refractivity contribution < 1.29 is 34.8 Å². The number of nitrogens with one attached hydrogen (secondary N) is 2. The Balaban J connectivity index is 1.99. The molecule has 2 N–H and O–H groups in total. The Kier molecular flexibility index (Phi) is 5.44. The van der Waals surface area contributed by atoms with E-state index in [0.29, 0.717) is 12.5 Å². The Bertz CT molecular complexity index is 866. The van der Waals surface area contributed by atoms with Crippen LogP contribution in [0.1, 0.15) is 18.4 Å². The lowest BCUT2D eigenvalue weighted by molar-refractivity contribution is -0.137. The SMILES string of the molecule is O=C(C[C@@H]1CCS(=O)(=O)C1)NNS(=O)(=O)c1cccc(C(F)(F)F)c1. The smallest absolute Gasteiger partial charge is 0.278 e. The minimum Gasteiger partial charge on any atom is -0.278 e. The van der Waals surface area contributed by atoms with Crippen molar-refractivity contribution in [2.75, 3.05) is 11.5 Å². The molecular weight excluding hydrogens is 385 g/mol. The maximum Gasteiger partial charge on any atom is 0.416 e. The van der Waals surface area contributed by atoms with Crippen molar-refractivity contribution in [2.24, 2.45) is 5.92 Å². The van der Waals surface area contributed by atoms with Gasteiger partial charge in [0.25, 0.3) is 10.0 Å². The van der Waals surface area contributed by atoms with Gasteiger partial charge in [0.15, 0.2) is 9.84 Å². The number of hydrogen-bond donors (Lipinski definition) is 2. The second kappa shape index (κ2) is 6.92. The number of sulfone groups is 1. The van der Waals surface area contributed by atoms with Crippen molar-refractivity contribution >= 4 is 25.8 Å². The van der Waals surface area contributed by atoms with Crippen molar-refractivity contribution in [3.05, 3.63) is 29.8 Å². The first-order valence-corrected chi connectivity index (χ1v) is 10.4. The number of rotatable bonds is 5. The molecule has 0 spiro atoms. The molecule has 1 heterocycles. The van der Waals surface area contributed by atoms with E-state index in [-0.39, 0.29) is 17.9 Å². The molecule has 1 fully saturated rings. The molecule has 0 aromatic heterocycles. The third kappa shape index (κ3) is 5.41. The van der Waals surface area contributed by atoms with E-state index in [0.717, 1.165) is 18.2 Å². The molecule has 1 saturated heterocycles. The van der Waals surface area contributed by atoms with Crippen molar-refractivity contribution in [2.45, 2.75) is 23.9 Å². The van der Waals surface area contributed by atoms with Gasteiger partial charge in [-0.25, -0.2) is 16.8 Å². The van der Waals surface area contributed by atoms with Crippen LogP contribution in [0.5, 0.6) is 0 Å². The van der Waals surface area contributed by atoms with Crippen molar-refractivity contribution in [3.8, 4) is 0 Å². The zero-order valence-corrected chi connectivity index (χ0v) is 14.3. The molecule has 12 heteroatoms. The van der Waals surface area contributed by atoms with Crippen LogP contribution in [-0.4, -0.2) is 34.2 Å². The van der Waals surface area contributed by atoms with Crippen LogP contribution in [0.4, 0.5) is 13.2 Å². The number of hydrazine groups is 1. The maximum absolute atomic E-state index is 12.6. The predicted octanol–water partition coefficient (Wildman–Crippen LogP) is 0.840.